The molecule has 254 valence electrons. The summed E-state index contributed by atoms with van der Waals surface area (Å²) >= 11 is 0. The zero-order chi connectivity index (χ0) is 33.2. The van der Waals surface area contributed by atoms with Crippen LogP contribution in [0, 0.1) is 0 Å². The number of imidazole rings is 2. The molecule has 0 aromatic carbocycles. The summed E-state index contributed by atoms with van der Waals surface area (Å²) < 4.78 is 68.5. The van der Waals surface area contributed by atoms with E-state index in [4.69, 9.17) is 43.8 Å². The number of rotatable bonds is 4. The lowest BCUT2D eigenvalue weighted by atomic mass is 10.1. The number of nitrogen functional groups attached to an aromatic ring is 2. The van der Waals surface area contributed by atoms with Crippen molar-refractivity contribution in [1.29, 1.82) is 0 Å². The minimum Gasteiger partial charge on any atom is -0.386 e. The fourth-order valence-corrected chi connectivity index (χ4v) is 7.57. The third kappa shape index (κ3) is 5.83. The molecule has 7 rings (SSSR count). The fraction of sp³-hybridized carbons (Fsp3) is 0.545. The van der Waals surface area contributed by atoms with Gasteiger partial charge in [0.15, 0.2) is 35.1 Å². The molecule has 10 atom stereocenters. The second-order valence-electron chi connectivity index (χ2n) is 10.6. The molecule has 0 spiro atoms. The number of nitrogens with two attached hydrogens (primary N) is 2. The van der Waals surface area contributed by atoms with E-state index in [1.54, 1.807) is 6.92 Å². The number of hydrogen-bond donors (Lipinski definition) is 6. The Kier molecular flexibility index (Phi) is 8.14. The van der Waals surface area contributed by atoms with Crippen LogP contribution in [0.2, 0.25) is 0 Å². The number of anilines is 2. The van der Waals surface area contributed by atoms with E-state index in [-0.39, 0.29) is 40.7 Å². The monoisotopic (exact) mass is 702 g/mol. The number of phosphoric acid groups is 2. The number of hydrogen-bond acceptors (Lipinski definition) is 18. The SMILES string of the molecule is CCOC1[C@H]2COP(=O)(O)O[C@@H]3C(O)[C@H](n4cnc5c(N)ncnc54)O[C@@H]3COP(=O)(O)O[C@@H]1[C@H](n1cnc3c(=O)[nH]c(N)nc31)O2. The third-order valence-electron chi connectivity index (χ3n) is 7.65. The smallest absolute Gasteiger partial charge is 0.386 e. The van der Waals surface area contributed by atoms with Gasteiger partial charge in [0.2, 0.25) is 5.95 Å². The Hall–Kier alpha value is -3.44. The molecule has 0 amide bonds. The topological polar surface area (TPSA) is 319 Å². The second-order valence-corrected chi connectivity index (χ2v) is 13.4. The Morgan fingerprint density at radius 1 is 0.936 bits per heavy atom. The van der Waals surface area contributed by atoms with Crippen molar-refractivity contribution >= 4 is 49.7 Å². The molecule has 4 aromatic rings. The summed E-state index contributed by atoms with van der Waals surface area (Å²) in [6.45, 7) is 0.203. The molecule has 0 aliphatic carbocycles. The summed E-state index contributed by atoms with van der Waals surface area (Å²) in [4.78, 5) is 56.6. The lowest BCUT2D eigenvalue weighted by Crippen LogP contribution is -2.38. The van der Waals surface area contributed by atoms with Gasteiger partial charge in [0, 0.05) is 6.61 Å². The van der Waals surface area contributed by atoms with Crippen molar-refractivity contribution in [1.82, 2.24) is 39.0 Å². The molecule has 8 N–H and O–H groups in total. The summed E-state index contributed by atoms with van der Waals surface area (Å²) in [7, 11) is -10.1. The van der Waals surface area contributed by atoms with E-state index in [1.807, 2.05) is 0 Å². The van der Waals surface area contributed by atoms with E-state index in [0.717, 1.165) is 6.33 Å². The molecule has 3 saturated heterocycles. The molecule has 0 saturated carbocycles. The minimum absolute atomic E-state index is 0.0432. The van der Waals surface area contributed by atoms with Crippen LogP contribution in [0.1, 0.15) is 19.4 Å². The average Bonchev–Trinajstić information content (AvgIpc) is 3.76. The van der Waals surface area contributed by atoms with E-state index in [0.29, 0.717) is 0 Å². The van der Waals surface area contributed by atoms with Crippen LogP contribution in [-0.2, 0) is 41.4 Å². The number of nitrogens with one attached hydrogen (secondary N) is 1. The molecule has 47 heavy (non-hydrogen) atoms. The van der Waals surface area contributed by atoms with Crippen LogP contribution in [0.25, 0.3) is 22.3 Å². The van der Waals surface area contributed by atoms with Gasteiger partial charge < -0.3 is 40.6 Å². The van der Waals surface area contributed by atoms with Gasteiger partial charge >= 0.3 is 15.6 Å². The molecule has 3 aliphatic heterocycles. The third-order valence-corrected chi connectivity index (χ3v) is 9.62. The van der Waals surface area contributed by atoms with Crippen molar-refractivity contribution in [3.05, 3.63) is 29.3 Å². The van der Waals surface area contributed by atoms with Gasteiger partial charge in [-0.15, -0.1) is 0 Å². The van der Waals surface area contributed by atoms with Crippen molar-refractivity contribution in [3.63, 3.8) is 0 Å². The Morgan fingerprint density at radius 3 is 2.30 bits per heavy atom. The Labute approximate surface area is 261 Å². The van der Waals surface area contributed by atoms with Crippen molar-refractivity contribution in [2.45, 2.75) is 56.0 Å². The number of aliphatic hydroxyl groups is 1. The van der Waals surface area contributed by atoms with Crippen molar-refractivity contribution in [3.8, 4) is 0 Å². The maximum absolute atomic E-state index is 13.4. The molecule has 0 radical (unpaired) electrons. The number of fused-ring (bicyclic) bond motifs is 5. The van der Waals surface area contributed by atoms with Gasteiger partial charge in [-0.3, -0.25) is 37.0 Å². The number of aliphatic hydroxyl groups excluding tert-OH is 1. The maximum Gasteiger partial charge on any atom is 0.472 e. The van der Waals surface area contributed by atoms with Crippen LogP contribution in [0.4, 0.5) is 11.8 Å². The van der Waals surface area contributed by atoms with E-state index >= 15 is 0 Å². The van der Waals surface area contributed by atoms with Gasteiger partial charge in [-0.1, -0.05) is 0 Å². The summed E-state index contributed by atoms with van der Waals surface area (Å²) in [6, 6.07) is 0. The largest absolute Gasteiger partial charge is 0.472 e. The number of H-pyrrole nitrogens is 1. The Bertz CT molecular complexity index is 1970. The maximum atomic E-state index is 13.4. The number of phosphoric ester groups is 2. The zero-order valence-electron chi connectivity index (χ0n) is 24.1. The van der Waals surface area contributed by atoms with Crippen molar-refractivity contribution in [2.75, 3.05) is 31.3 Å². The van der Waals surface area contributed by atoms with Crippen LogP contribution < -0.4 is 17.0 Å². The highest BCUT2D eigenvalue weighted by Crippen LogP contribution is 2.54. The lowest BCUT2D eigenvalue weighted by Gasteiger charge is -2.26. The molecular weight excluding hydrogens is 674 g/mol. The number of aromatic amines is 1. The van der Waals surface area contributed by atoms with Crippen molar-refractivity contribution in [2.24, 2.45) is 0 Å². The number of nitrogens with zero attached hydrogens (tertiary/aromatic N) is 7. The fourth-order valence-electron chi connectivity index (χ4n) is 5.68. The summed E-state index contributed by atoms with van der Waals surface area (Å²) in [5.74, 6) is -0.200. The summed E-state index contributed by atoms with van der Waals surface area (Å²) in [6.07, 6.45) is -7.82. The highest BCUT2D eigenvalue weighted by atomic mass is 31.2. The summed E-state index contributed by atoms with van der Waals surface area (Å²) in [5.41, 5.74) is 11.1. The highest BCUT2D eigenvalue weighted by molar-refractivity contribution is 7.47. The molecule has 7 heterocycles. The lowest BCUT2D eigenvalue weighted by molar-refractivity contribution is -0.0677. The molecule has 25 heteroatoms. The number of ether oxygens (including phenoxy) is 3. The van der Waals surface area contributed by atoms with Gasteiger partial charge in [-0.05, 0) is 6.92 Å². The molecular formula is C22H28N10O13P2. The second kappa shape index (κ2) is 11.9. The van der Waals surface area contributed by atoms with E-state index in [2.05, 4.69) is 29.9 Å². The molecule has 23 nitrogen and oxygen atoms in total. The minimum atomic E-state index is -5.06. The number of aromatic nitrogens is 8. The van der Waals surface area contributed by atoms with E-state index < -0.39 is 83.5 Å². The van der Waals surface area contributed by atoms with Crippen molar-refractivity contribution < 1.29 is 56.3 Å². The molecule has 4 unspecified atom stereocenters. The predicted molar refractivity (Wildman–Crippen MR) is 153 cm³/mol. The first-order valence-corrected chi connectivity index (χ1v) is 16.9. The summed E-state index contributed by atoms with van der Waals surface area (Å²) in [5, 5.41) is 11.2. The Morgan fingerprint density at radius 2 is 1.57 bits per heavy atom. The van der Waals surface area contributed by atoms with Gasteiger partial charge in [0.1, 0.15) is 48.5 Å². The standard InChI is InChI=1S/C22H28N10O13P2/c1-2-39-14-9-4-41-46(35,36)44-13-8(42-20(12(13)33)31-6-27-10-16(23)25-5-26-17(10)31)3-40-47(37,38)45-15(14)21(43-9)32-7-28-11-18(32)29-22(24)30-19(11)34/h5-9,12-15,20-21,33H,2-4H2,1H3,(H,35,36)(H,37,38)(H2,23,25,26)(H3,24,29,30,34)/t8-,9-,12?,13+,14?,15+,20-,21-/m1/s1. The van der Waals surface area contributed by atoms with E-state index in [9.17, 15) is 28.8 Å². The highest BCUT2D eigenvalue weighted by Gasteiger charge is 2.54. The van der Waals surface area contributed by atoms with Crippen LogP contribution in [-0.4, -0.2) is 110 Å². The average molecular weight is 702 g/mol. The molecule has 3 aliphatic rings. The van der Waals surface area contributed by atoms with E-state index in [1.165, 1.54) is 21.8 Å². The van der Waals surface area contributed by atoms with Gasteiger partial charge in [0.25, 0.3) is 5.56 Å². The molecule has 3 fully saturated rings. The zero-order valence-corrected chi connectivity index (χ0v) is 25.9. The van der Waals surface area contributed by atoms with Crippen LogP contribution >= 0.6 is 15.6 Å². The van der Waals surface area contributed by atoms with Crippen LogP contribution in [0.3, 0.4) is 0 Å². The van der Waals surface area contributed by atoms with Gasteiger partial charge in [0.05, 0.1) is 25.9 Å². The van der Waals surface area contributed by atoms with Gasteiger partial charge in [-0.2, -0.15) is 4.98 Å². The first-order valence-electron chi connectivity index (χ1n) is 13.9. The first-order chi connectivity index (χ1) is 22.4. The molecule has 4 aromatic heterocycles. The predicted octanol–water partition coefficient (Wildman–Crippen LogP) is -1.30. The normalized spacial score (nSPS) is 36.6. The van der Waals surface area contributed by atoms with Crippen LogP contribution in [0.5, 0.6) is 0 Å². The van der Waals surface area contributed by atoms with Gasteiger partial charge in [-0.25, -0.2) is 29.1 Å². The first kappa shape index (κ1) is 32.1. The quantitative estimate of drug-likeness (QED) is 0.135. The van der Waals surface area contributed by atoms with Crippen LogP contribution in [0.15, 0.2) is 23.8 Å². The Balaban J connectivity index is 1.23. The molecule has 2 bridgehead atoms.